The summed E-state index contributed by atoms with van der Waals surface area (Å²) in [5, 5.41) is 5.55. The first kappa shape index (κ1) is 15.2. The van der Waals surface area contributed by atoms with Gasteiger partial charge in [-0.3, -0.25) is 9.59 Å². The van der Waals surface area contributed by atoms with Gasteiger partial charge in [0.25, 0.3) is 5.91 Å². The van der Waals surface area contributed by atoms with E-state index in [2.05, 4.69) is 10.6 Å². The van der Waals surface area contributed by atoms with E-state index in [1.807, 2.05) is 25.1 Å². The second-order valence-corrected chi connectivity index (χ2v) is 4.43. The Bertz CT molecular complexity index is 406. The van der Waals surface area contributed by atoms with E-state index in [-0.39, 0.29) is 17.9 Å². The number of hydrogen-bond acceptors (Lipinski definition) is 3. The zero-order valence-corrected chi connectivity index (χ0v) is 11.2. The van der Waals surface area contributed by atoms with Crippen molar-refractivity contribution in [1.29, 1.82) is 0 Å². The Hall–Kier alpha value is -1.88. The van der Waals surface area contributed by atoms with Crippen LogP contribution in [0.4, 0.5) is 0 Å². The summed E-state index contributed by atoms with van der Waals surface area (Å²) < 4.78 is 0. The Balaban J connectivity index is 2.17. The third kappa shape index (κ3) is 6.01. The van der Waals surface area contributed by atoms with Gasteiger partial charge in [0, 0.05) is 31.1 Å². The minimum absolute atomic E-state index is 0.00795. The molecule has 0 bridgehead atoms. The topological polar surface area (TPSA) is 84.2 Å². The van der Waals surface area contributed by atoms with E-state index < -0.39 is 0 Å². The van der Waals surface area contributed by atoms with Crippen LogP contribution in [-0.2, 0) is 4.79 Å². The van der Waals surface area contributed by atoms with Crippen LogP contribution in [0.25, 0.3) is 0 Å². The lowest BCUT2D eigenvalue weighted by Crippen LogP contribution is -2.38. The van der Waals surface area contributed by atoms with Crippen LogP contribution < -0.4 is 16.4 Å². The quantitative estimate of drug-likeness (QED) is 0.632. The van der Waals surface area contributed by atoms with Gasteiger partial charge in [-0.25, -0.2) is 0 Å². The van der Waals surface area contributed by atoms with Crippen molar-refractivity contribution < 1.29 is 9.59 Å². The van der Waals surface area contributed by atoms with Crippen LogP contribution in [0, 0.1) is 0 Å². The number of nitrogens with one attached hydrogen (secondary N) is 2. The molecule has 0 aliphatic carbocycles. The van der Waals surface area contributed by atoms with Gasteiger partial charge in [0.15, 0.2) is 0 Å². The van der Waals surface area contributed by atoms with Crippen molar-refractivity contribution in [3.05, 3.63) is 35.9 Å². The largest absolute Gasteiger partial charge is 0.352 e. The number of benzene rings is 1. The number of carbonyl (C=O) groups is 2. The monoisotopic (exact) mass is 263 g/mol. The Morgan fingerprint density at radius 3 is 2.58 bits per heavy atom. The van der Waals surface area contributed by atoms with Gasteiger partial charge in [0.1, 0.15) is 0 Å². The van der Waals surface area contributed by atoms with Crippen LogP contribution in [0.5, 0.6) is 0 Å². The van der Waals surface area contributed by atoms with Crippen LogP contribution in [0.2, 0.25) is 0 Å². The van der Waals surface area contributed by atoms with Gasteiger partial charge in [-0.1, -0.05) is 18.2 Å². The number of carbonyl (C=O) groups excluding carboxylic acids is 2. The Labute approximate surface area is 113 Å². The van der Waals surface area contributed by atoms with Crippen molar-refractivity contribution in [3.63, 3.8) is 0 Å². The summed E-state index contributed by atoms with van der Waals surface area (Å²) in [6.45, 7) is 2.77. The van der Waals surface area contributed by atoms with Crippen molar-refractivity contribution in [1.82, 2.24) is 10.6 Å². The van der Waals surface area contributed by atoms with E-state index in [4.69, 9.17) is 5.73 Å². The van der Waals surface area contributed by atoms with Crippen LogP contribution in [0.15, 0.2) is 30.3 Å². The number of rotatable bonds is 7. The normalized spacial score (nSPS) is 11.7. The molecule has 5 nitrogen and oxygen atoms in total. The molecule has 0 unspecified atom stereocenters. The number of hydrogen-bond donors (Lipinski definition) is 3. The third-order valence-electron chi connectivity index (χ3n) is 2.66. The fourth-order valence-corrected chi connectivity index (χ4v) is 1.55. The van der Waals surface area contributed by atoms with E-state index in [0.29, 0.717) is 31.5 Å². The molecular formula is C14H21N3O2. The van der Waals surface area contributed by atoms with Crippen LogP contribution in [0.3, 0.4) is 0 Å². The smallest absolute Gasteiger partial charge is 0.251 e. The average Bonchev–Trinajstić information content (AvgIpc) is 2.44. The van der Waals surface area contributed by atoms with E-state index in [0.717, 1.165) is 0 Å². The second kappa shape index (κ2) is 8.26. The third-order valence-corrected chi connectivity index (χ3v) is 2.66. The van der Waals surface area contributed by atoms with E-state index in [1.165, 1.54) is 0 Å². The molecule has 19 heavy (non-hydrogen) atoms. The molecule has 5 heteroatoms. The zero-order valence-electron chi connectivity index (χ0n) is 11.2. The van der Waals surface area contributed by atoms with Gasteiger partial charge in [0.2, 0.25) is 5.91 Å². The molecule has 0 radical (unpaired) electrons. The van der Waals surface area contributed by atoms with Crippen molar-refractivity contribution >= 4 is 11.8 Å². The van der Waals surface area contributed by atoms with E-state index >= 15 is 0 Å². The summed E-state index contributed by atoms with van der Waals surface area (Å²) in [6, 6.07) is 8.99. The van der Waals surface area contributed by atoms with Crippen LogP contribution in [-0.4, -0.2) is 30.9 Å². The van der Waals surface area contributed by atoms with E-state index in [1.54, 1.807) is 12.1 Å². The molecule has 0 aliphatic heterocycles. The maximum atomic E-state index is 11.7. The summed E-state index contributed by atoms with van der Waals surface area (Å²) in [6.07, 6.45) is 1.00. The molecule has 2 amide bonds. The first-order valence-corrected chi connectivity index (χ1v) is 6.46. The Kier molecular flexibility index (Phi) is 6.60. The predicted molar refractivity (Wildman–Crippen MR) is 74.7 cm³/mol. The lowest BCUT2D eigenvalue weighted by atomic mass is 10.2. The highest BCUT2D eigenvalue weighted by Gasteiger charge is 2.06. The molecule has 4 N–H and O–H groups in total. The number of nitrogens with two attached hydrogens (primary N) is 1. The standard InChI is InChI=1S/C14H21N3O2/c1-11(10-15)17-13(18)8-5-9-16-14(19)12-6-3-2-4-7-12/h2-4,6-7,11H,5,8-10,15H2,1H3,(H,16,19)(H,17,18)/t11-/m0/s1. The van der Waals surface area contributed by atoms with Crippen molar-refractivity contribution in [2.45, 2.75) is 25.8 Å². The molecule has 0 spiro atoms. The molecule has 1 rings (SSSR count). The lowest BCUT2D eigenvalue weighted by molar-refractivity contribution is -0.121. The molecular weight excluding hydrogens is 242 g/mol. The van der Waals surface area contributed by atoms with Gasteiger partial charge in [-0.15, -0.1) is 0 Å². The van der Waals surface area contributed by atoms with Crippen molar-refractivity contribution in [2.24, 2.45) is 5.73 Å². The first-order valence-electron chi connectivity index (χ1n) is 6.46. The van der Waals surface area contributed by atoms with Gasteiger partial charge >= 0.3 is 0 Å². The molecule has 0 heterocycles. The zero-order chi connectivity index (χ0) is 14.1. The van der Waals surface area contributed by atoms with Crippen molar-refractivity contribution in [3.8, 4) is 0 Å². The van der Waals surface area contributed by atoms with Crippen LogP contribution in [0.1, 0.15) is 30.1 Å². The van der Waals surface area contributed by atoms with Gasteiger partial charge < -0.3 is 16.4 Å². The molecule has 1 aromatic rings. The molecule has 0 aliphatic rings. The molecule has 0 fully saturated rings. The minimum atomic E-state index is -0.115. The molecule has 1 aromatic carbocycles. The second-order valence-electron chi connectivity index (χ2n) is 4.43. The fraction of sp³-hybridized carbons (Fsp3) is 0.429. The first-order chi connectivity index (χ1) is 9.13. The SMILES string of the molecule is C[C@@H](CN)NC(=O)CCCNC(=O)c1ccccc1. The molecule has 0 aromatic heterocycles. The average molecular weight is 263 g/mol. The molecule has 0 saturated heterocycles. The summed E-state index contributed by atoms with van der Waals surface area (Å²) in [5.74, 6) is -0.150. The van der Waals surface area contributed by atoms with Gasteiger partial charge in [-0.05, 0) is 25.5 Å². The molecule has 1 atom stereocenters. The number of amides is 2. The minimum Gasteiger partial charge on any atom is -0.352 e. The summed E-state index contributed by atoms with van der Waals surface area (Å²) in [5.41, 5.74) is 6.04. The summed E-state index contributed by atoms with van der Waals surface area (Å²) in [7, 11) is 0. The van der Waals surface area contributed by atoms with Gasteiger partial charge in [-0.2, -0.15) is 0 Å². The maximum absolute atomic E-state index is 11.7. The lowest BCUT2D eigenvalue weighted by Gasteiger charge is -2.11. The highest BCUT2D eigenvalue weighted by atomic mass is 16.2. The van der Waals surface area contributed by atoms with E-state index in [9.17, 15) is 9.59 Å². The van der Waals surface area contributed by atoms with Crippen molar-refractivity contribution in [2.75, 3.05) is 13.1 Å². The molecule has 0 saturated carbocycles. The predicted octanol–water partition coefficient (Wildman–Crippen LogP) is 0.660. The van der Waals surface area contributed by atoms with Crippen LogP contribution >= 0.6 is 0 Å². The highest BCUT2D eigenvalue weighted by molar-refractivity contribution is 5.94. The summed E-state index contributed by atoms with van der Waals surface area (Å²) in [4.78, 5) is 23.1. The maximum Gasteiger partial charge on any atom is 0.251 e. The molecule has 104 valence electrons. The Morgan fingerprint density at radius 2 is 1.95 bits per heavy atom. The highest BCUT2D eigenvalue weighted by Crippen LogP contribution is 1.98. The Morgan fingerprint density at radius 1 is 1.26 bits per heavy atom. The van der Waals surface area contributed by atoms with Gasteiger partial charge in [0.05, 0.1) is 0 Å². The fourth-order valence-electron chi connectivity index (χ4n) is 1.55. The summed E-state index contributed by atoms with van der Waals surface area (Å²) >= 11 is 0.